The third-order valence-corrected chi connectivity index (χ3v) is 6.03. The van der Waals surface area contributed by atoms with Crippen molar-refractivity contribution >= 4 is 33.2 Å². The average Bonchev–Trinajstić information content (AvgIpc) is 2.72. The molecule has 0 unspecified atom stereocenters. The lowest BCUT2D eigenvalue weighted by Gasteiger charge is -2.25. The molecule has 1 aliphatic rings. The molecule has 0 spiro atoms. The molecule has 0 aromatic heterocycles. The second-order valence-electron chi connectivity index (χ2n) is 6.07. The highest BCUT2D eigenvalue weighted by atomic mass is 32.2. The van der Waals surface area contributed by atoms with Crippen LogP contribution < -0.4 is 16.2 Å². The number of piperazine rings is 1. The molecular formula is C17H17N5O6S. The fourth-order valence-corrected chi connectivity index (χ4v) is 4.08. The number of nitrogens with one attached hydrogen (secondary N) is 3. The molecule has 1 fully saturated rings. The molecule has 2 amide bonds. The lowest BCUT2D eigenvalue weighted by atomic mass is 10.2. The van der Waals surface area contributed by atoms with Crippen LogP contribution in [0.1, 0.15) is 10.4 Å². The first-order chi connectivity index (χ1) is 13.8. The molecule has 0 radical (unpaired) electrons. The second kappa shape index (κ2) is 8.24. The minimum atomic E-state index is -3.86. The number of para-hydroxylation sites is 2. The minimum Gasteiger partial charge on any atom is -0.354 e. The lowest BCUT2D eigenvalue weighted by molar-refractivity contribution is -0.384. The maximum absolute atomic E-state index is 12.6. The number of nitrogens with zero attached hydrogens (tertiary/aromatic N) is 2. The van der Waals surface area contributed by atoms with Gasteiger partial charge in [-0.1, -0.05) is 12.1 Å². The van der Waals surface area contributed by atoms with E-state index in [9.17, 15) is 28.1 Å². The van der Waals surface area contributed by atoms with E-state index < -0.39 is 20.9 Å². The Bertz CT molecular complexity index is 1050. The zero-order chi connectivity index (χ0) is 21.0. The highest BCUT2D eigenvalue weighted by Gasteiger charge is 2.29. The number of amides is 2. The smallest absolute Gasteiger partial charge is 0.294 e. The van der Waals surface area contributed by atoms with Gasteiger partial charge >= 0.3 is 0 Å². The van der Waals surface area contributed by atoms with Crippen molar-refractivity contribution < 1.29 is 22.9 Å². The molecule has 1 aliphatic heterocycles. The first-order valence-electron chi connectivity index (χ1n) is 8.46. The van der Waals surface area contributed by atoms with Crippen LogP contribution in [0.25, 0.3) is 0 Å². The second-order valence-corrected chi connectivity index (χ2v) is 8.00. The van der Waals surface area contributed by atoms with Gasteiger partial charge in [0.05, 0.1) is 16.4 Å². The largest absolute Gasteiger partial charge is 0.354 e. The molecule has 2 aromatic carbocycles. The van der Waals surface area contributed by atoms with E-state index in [0.717, 1.165) is 4.31 Å². The third kappa shape index (κ3) is 4.50. The topological polar surface area (TPSA) is 151 Å². The number of hydrazine groups is 1. The number of benzene rings is 2. The van der Waals surface area contributed by atoms with E-state index in [1.54, 1.807) is 6.07 Å². The maximum atomic E-state index is 12.6. The number of rotatable bonds is 6. The van der Waals surface area contributed by atoms with Crippen molar-refractivity contribution in [1.29, 1.82) is 0 Å². The van der Waals surface area contributed by atoms with E-state index in [1.165, 1.54) is 42.5 Å². The third-order valence-electron chi connectivity index (χ3n) is 4.17. The molecule has 0 saturated carbocycles. The standard InChI is InChI=1S/C17H17N5O6S/c23-16-11-21(10-9-18-16)29(27,28)13-7-5-12(6-8-13)17(24)20-19-14-3-1-2-4-15(14)22(25)26/h1-8,19H,9-11H2,(H,18,23)(H,20,24). The fraction of sp³-hybridized carbons (Fsp3) is 0.176. The van der Waals surface area contributed by atoms with E-state index in [-0.39, 0.29) is 47.4 Å². The summed E-state index contributed by atoms with van der Waals surface area (Å²) in [7, 11) is -3.86. The van der Waals surface area contributed by atoms with Gasteiger partial charge in [0, 0.05) is 24.7 Å². The summed E-state index contributed by atoms with van der Waals surface area (Å²) in [5.74, 6) is -0.985. The van der Waals surface area contributed by atoms with E-state index in [4.69, 9.17) is 0 Å². The molecule has 2 aromatic rings. The number of nitro benzene ring substituents is 1. The van der Waals surface area contributed by atoms with Crippen molar-refractivity contribution in [3.05, 3.63) is 64.2 Å². The molecular weight excluding hydrogens is 402 g/mol. The van der Waals surface area contributed by atoms with E-state index >= 15 is 0 Å². The van der Waals surface area contributed by atoms with E-state index in [2.05, 4.69) is 16.2 Å². The predicted octanol–water partition coefficient (Wildman–Crippen LogP) is 0.472. The molecule has 0 bridgehead atoms. The predicted molar refractivity (Wildman–Crippen MR) is 102 cm³/mol. The quantitative estimate of drug-likeness (QED) is 0.455. The molecule has 3 N–H and O–H groups in total. The summed E-state index contributed by atoms with van der Waals surface area (Å²) in [6.07, 6.45) is 0. The van der Waals surface area contributed by atoms with Crippen LogP contribution in [0.2, 0.25) is 0 Å². The van der Waals surface area contributed by atoms with Gasteiger partial charge in [0.1, 0.15) is 5.69 Å². The van der Waals surface area contributed by atoms with Crippen LogP contribution >= 0.6 is 0 Å². The summed E-state index contributed by atoms with van der Waals surface area (Å²) in [6.45, 7) is 0.135. The Balaban J connectivity index is 1.69. The normalized spacial score (nSPS) is 14.7. The highest BCUT2D eigenvalue weighted by Crippen LogP contribution is 2.22. The minimum absolute atomic E-state index is 0.0459. The summed E-state index contributed by atoms with van der Waals surface area (Å²) in [4.78, 5) is 34.0. The number of anilines is 1. The Morgan fingerprint density at radius 2 is 1.83 bits per heavy atom. The van der Waals surface area contributed by atoms with Crippen molar-refractivity contribution in [1.82, 2.24) is 15.0 Å². The van der Waals surface area contributed by atoms with Gasteiger partial charge in [0.15, 0.2) is 0 Å². The van der Waals surface area contributed by atoms with Crippen LogP contribution in [0.3, 0.4) is 0 Å². The van der Waals surface area contributed by atoms with Gasteiger partial charge in [-0.2, -0.15) is 4.31 Å². The number of hydrogen-bond acceptors (Lipinski definition) is 7. The van der Waals surface area contributed by atoms with E-state index in [1.807, 2.05) is 0 Å². The SMILES string of the molecule is O=C1CN(S(=O)(=O)c2ccc(C(=O)NNc3ccccc3[N+](=O)[O-])cc2)CCN1. The molecule has 29 heavy (non-hydrogen) atoms. The first kappa shape index (κ1) is 20.2. The van der Waals surface area contributed by atoms with Crippen LogP contribution in [-0.4, -0.2) is 49.1 Å². The number of carbonyl (C=O) groups is 2. The molecule has 11 nitrogen and oxygen atoms in total. The van der Waals surface area contributed by atoms with Gasteiger partial charge in [-0.15, -0.1) is 0 Å². The van der Waals surface area contributed by atoms with Crippen molar-refractivity contribution in [2.45, 2.75) is 4.90 Å². The Labute approximate surface area is 165 Å². The van der Waals surface area contributed by atoms with Gasteiger partial charge in [0.25, 0.3) is 11.6 Å². The lowest BCUT2D eigenvalue weighted by Crippen LogP contribution is -2.49. The van der Waals surface area contributed by atoms with Gasteiger partial charge in [-0.05, 0) is 30.3 Å². The molecule has 12 heteroatoms. The zero-order valence-corrected chi connectivity index (χ0v) is 15.8. The molecule has 0 aliphatic carbocycles. The Morgan fingerprint density at radius 1 is 1.14 bits per heavy atom. The number of sulfonamides is 1. The summed E-state index contributed by atoms with van der Waals surface area (Å²) in [5.41, 5.74) is 4.86. The summed E-state index contributed by atoms with van der Waals surface area (Å²) >= 11 is 0. The van der Waals surface area contributed by atoms with Crippen LogP contribution in [0.4, 0.5) is 11.4 Å². The van der Waals surface area contributed by atoms with Gasteiger partial charge in [-0.3, -0.25) is 30.6 Å². The Kier molecular flexibility index (Phi) is 5.75. The van der Waals surface area contributed by atoms with Crippen LogP contribution in [0.5, 0.6) is 0 Å². The van der Waals surface area contributed by atoms with Gasteiger partial charge in [0.2, 0.25) is 15.9 Å². The van der Waals surface area contributed by atoms with Crippen molar-refractivity contribution in [2.24, 2.45) is 0 Å². The highest BCUT2D eigenvalue weighted by molar-refractivity contribution is 7.89. The molecule has 1 heterocycles. The molecule has 152 valence electrons. The van der Waals surface area contributed by atoms with E-state index in [0.29, 0.717) is 0 Å². The van der Waals surface area contributed by atoms with Crippen LogP contribution in [0.15, 0.2) is 53.4 Å². The number of carbonyl (C=O) groups excluding carboxylic acids is 2. The van der Waals surface area contributed by atoms with Gasteiger partial charge in [-0.25, -0.2) is 8.42 Å². The maximum Gasteiger partial charge on any atom is 0.294 e. The molecule has 1 saturated heterocycles. The van der Waals surface area contributed by atoms with Crippen molar-refractivity contribution in [2.75, 3.05) is 25.1 Å². The monoisotopic (exact) mass is 419 g/mol. The average molecular weight is 419 g/mol. The number of nitro groups is 1. The zero-order valence-electron chi connectivity index (χ0n) is 15.0. The fourth-order valence-electron chi connectivity index (χ4n) is 2.68. The molecule has 3 rings (SSSR count). The van der Waals surface area contributed by atoms with Crippen molar-refractivity contribution in [3.63, 3.8) is 0 Å². The first-order valence-corrected chi connectivity index (χ1v) is 9.90. The van der Waals surface area contributed by atoms with Gasteiger partial charge < -0.3 is 5.32 Å². The summed E-state index contributed by atoms with van der Waals surface area (Å²) in [6, 6.07) is 10.9. The van der Waals surface area contributed by atoms with Crippen LogP contribution in [0, 0.1) is 10.1 Å². The summed E-state index contributed by atoms with van der Waals surface area (Å²) in [5, 5.41) is 13.5. The Hall–Kier alpha value is -3.51. The number of hydrogen-bond donors (Lipinski definition) is 3. The van der Waals surface area contributed by atoms with Crippen LogP contribution in [-0.2, 0) is 14.8 Å². The summed E-state index contributed by atoms with van der Waals surface area (Å²) < 4.78 is 26.3. The van der Waals surface area contributed by atoms with Crippen molar-refractivity contribution in [3.8, 4) is 0 Å². The molecule has 0 atom stereocenters. The Morgan fingerprint density at radius 3 is 2.48 bits per heavy atom.